The van der Waals surface area contributed by atoms with Gasteiger partial charge < -0.3 is 0 Å². The maximum absolute atomic E-state index is 2.31. The molecule has 0 spiro atoms. The molecule has 0 nitrogen and oxygen atoms in total. The minimum Gasteiger partial charge on any atom is -0.0654 e. The second-order valence-corrected chi connectivity index (χ2v) is 4.90. The number of unbranched alkanes of at least 4 members (excludes halogenated alkanes) is 3. The van der Waals surface area contributed by atoms with E-state index in [-0.39, 0.29) is 0 Å². The Balaban J connectivity index is 2.20. The third-order valence-electron chi connectivity index (χ3n) is 3.53. The van der Waals surface area contributed by atoms with Gasteiger partial charge in [0.2, 0.25) is 0 Å². The summed E-state index contributed by atoms with van der Waals surface area (Å²) in [6.45, 7) is 4.46. The topological polar surface area (TPSA) is 0 Å². The van der Waals surface area contributed by atoms with E-state index in [1.807, 2.05) is 0 Å². The van der Waals surface area contributed by atoms with Gasteiger partial charge in [-0.1, -0.05) is 62.6 Å². The molecular weight excluding hydrogens is 204 g/mol. The number of hydrogen-bond acceptors (Lipinski definition) is 0. The SMILES string of the molecule is CCCCCCc1ccc(C)c2ccccc12. The van der Waals surface area contributed by atoms with Crippen LogP contribution in [-0.4, -0.2) is 0 Å². The fourth-order valence-electron chi connectivity index (χ4n) is 2.47. The van der Waals surface area contributed by atoms with Gasteiger partial charge in [0, 0.05) is 0 Å². The highest BCUT2D eigenvalue weighted by Crippen LogP contribution is 2.23. The summed E-state index contributed by atoms with van der Waals surface area (Å²) in [4.78, 5) is 0. The Morgan fingerprint density at radius 2 is 1.59 bits per heavy atom. The molecule has 0 heteroatoms. The van der Waals surface area contributed by atoms with E-state index in [9.17, 15) is 0 Å². The third-order valence-corrected chi connectivity index (χ3v) is 3.53. The predicted molar refractivity (Wildman–Crippen MR) is 76.5 cm³/mol. The van der Waals surface area contributed by atoms with Crippen molar-refractivity contribution in [2.45, 2.75) is 46.0 Å². The smallest absolute Gasteiger partial charge is 0.0149 e. The predicted octanol–water partition coefficient (Wildman–Crippen LogP) is 5.27. The van der Waals surface area contributed by atoms with Crippen LogP contribution in [0.1, 0.15) is 43.7 Å². The lowest BCUT2D eigenvalue weighted by atomic mass is 9.97. The van der Waals surface area contributed by atoms with E-state index in [4.69, 9.17) is 0 Å². The average Bonchev–Trinajstić information content (AvgIpc) is 2.37. The molecule has 0 aliphatic rings. The maximum Gasteiger partial charge on any atom is -0.0149 e. The molecular formula is C17H22. The first-order valence-electron chi connectivity index (χ1n) is 6.80. The summed E-state index contributed by atoms with van der Waals surface area (Å²) < 4.78 is 0. The molecule has 0 aliphatic heterocycles. The third kappa shape index (κ3) is 2.88. The van der Waals surface area contributed by atoms with Crippen molar-refractivity contribution in [3.8, 4) is 0 Å². The monoisotopic (exact) mass is 226 g/mol. The molecule has 2 aromatic rings. The summed E-state index contributed by atoms with van der Waals surface area (Å²) in [7, 11) is 0. The first-order valence-corrected chi connectivity index (χ1v) is 6.80. The zero-order chi connectivity index (χ0) is 12.1. The Morgan fingerprint density at radius 3 is 2.35 bits per heavy atom. The molecule has 0 aromatic heterocycles. The van der Waals surface area contributed by atoms with Crippen LogP contribution >= 0.6 is 0 Å². The summed E-state index contributed by atoms with van der Waals surface area (Å²) in [6, 6.07) is 13.4. The van der Waals surface area contributed by atoms with Crippen molar-refractivity contribution >= 4 is 10.8 Å². The second-order valence-electron chi connectivity index (χ2n) is 4.90. The van der Waals surface area contributed by atoms with Crippen LogP contribution in [0.3, 0.4) is 0 Å². The fourth-order valence-corrected chi connectivity index (χ4v) is 2.47. The van der Waals surface area contributed by atoms with Crippen molar-refractivity contribution in [1.82, 2.24) is 0 Å². The van der Waals surface area contributed by atoms with Crippen molar-refractivity contribution < 1.29 is 0 Å². The van der Waals surface area contributed by atoms with Gasteiger partial charge in [0.15, 0.2) is 0 Å². The second kappa shape index (κ2) is 5.86. The molecule has 0 saturated carbocycles. The summed E-state index contributed by atoms with van der Waals surface area (Å²) in [6.07, 6.45) is 6.58. The lowest BCUT2D eigenvalue weighted by molar-refractivity contribution is 0.668. The lowest BCUT2D eigenvalue weighted by Gasteiger charge is -2.08. The molecule has 0 bridgehead atoms. The summed E-state index contributed by atoms with van der Waals surface area (Å²) in [5.74, 6) is 0. The molecule has 0 fully saturated rings. The minimum atomic E-state index is 1.22. The van der Waals surface area contributed by atoms with Crippen LogP contribution in [0.25, 0.3) is 10.8 Å². The van der Waals surface area contributed by atoms with E-state index in [1.54, 1.807) is 0 Å². The molecule has 0 radical (unpaired) electrons. The Bertz CT molecular complexity index is 482. The first-order chi connectivity index (χ1) is 8.33. The highest BCUT2D eigenvalue weighted by atomic mass is 14.1. The molecule has 0 aliphatic carbocycles. The molecule has 0 unspecified atom stereocenters. The quantitative estimate of drug-likeness (QED) is 0.609. The number of rotatable bonds is 5. The number of fused-ring (bicyclic) bond motifs is 1. The average molecular weight is 226 g/mol. The number of aryl methyl sites for hydroxylation is 2. The first kappa shape index (κ1) is 12.2. The van der Waals surface area contributed by atoms with Crippen LogP contribution in [0.5, 0.6) is 0 Å². The highest BCUT2D eigenvalue weighted by molar-refractivity contribution is 5.88. The van der Waals surface area contributed by atoms with Crippen molar-refractivity contribution in [1.29, 1.82) is 0 Å². The lowest BCUT2D eigenvalue weighted by Crippen LogP contribution is -1.89. The standard InChI is InChI=1S/C17H22/c1-3-4-5-6-9-15-13-12-14(2)16-10-7-8-11-17(15)16/h7-8,10-13H,3-6,9H2,1-2H3. The van der Waals surface area contributed by atoms with Crippen LogP contribution in [0, 0.1) is 6.92 Å². The molecule has 0 atom stereocenters. The molecule has 0 heterocycles. The van der Waals surface area contributed by atoms with Crippen molar-refractivity contribution in [2.75, 3.05) is 0 Å². The van der Waals surface area contributed by atoms with Gasteiger partial charge in [-0.2, -0.15) is 0 Å². The normalized spacial score (nSPS) is 10.9. The largest absolute Gasteiger partial charge is 0.0654 e. The van der Waals surface area contributed by atoms with Gasteiger partial charge in [-0.25, -0.2) is 0 Å². The molecule has 0 saturated heterocycles. The molecule has 2 rings (SSSR count). The summed E-state index contributed by atoms with van der Waals surface area (Å²) >= 11 is 0. The van der Waals surface area contributed by atoms with E-state index in [2.05, 4.69) is 50.2 Å². The van der Waals surface area contributed by atoms with Gasteiger partial charge in [-0.3, -0.25) is 0 Å². The van der Waals surface area contributed by atoms with Crippen LogP contribution in [0.4, 0.5) is 0 Å². The van der Waals surface area contributed by atoms with Crippen LogP contribution < -0.4 is 0 Å². The molecule has 0 amide bonds. The zero-order valence-electron chi connectivity index (χ0n) is 11.0. The van der Waals surface area contributed by atoms with Gasteiger partial charge >= 0.3 is 0 Å². The van der Waals surface area contributed by atoms with Crippen LogP contribution in [0.2, 0.25) is 0 Å². The fraction of sp³-hybridized carbons (Fsp3) is 0.412. The van der Waals surface area contributed by atoms with E-state index in [0.29, 0.717) is 0 Å². The highest BCUT2D eigenvalue weighted by Gasteiger charge is 2.02. The Hall–Kier alpha value is -1.30. The van der Waals surface area contributed by atoms with Crippen LogP contribution in [-0.2, 0) is 6.42 Å². The van der Waals surface area contributed by atoms with Crippen molar-refractivity contribution in [3.63, 3.8) is 0 Å². The van der Waals surface area contributed by atoms with Crippen molar-refractivity contribution in [3.05, 3.63) is 47.5 Å². The van der Waals surface area contributed by atoms with Gasteiger partial charge in [0.05, 0.1) is 0 Å². The minimum absolute atomic E-state index is 1.22. The summed E-state index contributed by atoms with van der Waals surface area (Å²) in [5.41, 5.74) is 2.90. The van der Waals surface area contributed by atoms with E-state index in [1.165, 1.54) is 54.0 Å². The molecule has 90 valence electrons. The Labute approximate surface area is 105 Å². The van der Waals surface area contributed by atoms with Gasteiger partial charge in [0.1, 0.15) is 0 Å². The summed E-state index contributed by atoms with van der Waals surface area (Å²) in [5, 5.41) is 2.87. The number of benzene rings is 2. The van der Waals surface area contributed by atoms with Gasteiger partial charge in [-0.15, -0.1) is 0 Å². The van der Waals surface area contributed by atoms with Crippen LogP contribution in [0.15, 0.2) is 36.4 Å². The van der Waals surface area contributed by atoms with E-state index >= 15 is 0 Å². The zero-order valence-corrected chi connectivity index (χ0v) is 11.0. The van der Waals surface area contributed by atoms with Gasteiger partial charge in [-0.05, 0) is 41.7 Å². The van der Waals surface area contributed by atoms with Gasteiger partial charge in [0.25, 0.3) is 0 Å². The maximum atomic E-state index is 2.31. The van der Waals surface area contributed by atoms with E-state index < -0.39 is 0 Å². The molecule has 17 heavy (non-hydrogen) atoms. The van der Waals surface area contributed by atoms with E-state index in [0.717, 1.165) is 0 Å². The Morgan fingerprint density at radius 1 is 0.824 bits per heavy atom. The van der Waals surface area contributed by atoms with Crippen molar-refractivity contribution in [2.24, 2.45) is 0 Å². The number of hydrogen-bond donors (Lipinski definition) is 0. The molecule has 0 N–H and O–H groups in total. The Kier molecular flexibility index (Phi) is 4.19. The molecule has 2 aromatic carbocycles.